The molecule has 1 N–H and O–H groups in total. The molecule has 1 amide bonds. The van der Waals surface area contributed by atoms with Crippen LogP contribution >= 0.6 is 11.3 Å². The molecule has 1 aromatic carbocycles. The van der Waals surface area contributed by atoms with Crippen LogP contribution in [0.25, 0.3) is 10.6 Å². The van der Waals surface area contributed by atoms with Crippen molar-refractivity contribution in [3.8, 4) is 16.3 Å². The monoisotopic (exact) mass is 304 g/mol. The van der Waals surface area contributed by atoms with Gasteiger partial charge in [-0.15, -0.1) is 11.3 Å². The second-order valence-corrected chi connectivity index (χ2v) is 5.61. The number of hydrogen-bond acceptors (Lipinski definition) is 4. The zero-order valence-electron chi connectivity index (χ0n) is 12.4. The molecule has 0 spiro atoms. The number of carbonyl (C=O) groups excluding carboxylic acids is 1. The summed E-state index contributed by atoms with van der Waals surface area (Å²) < 4.78 is 5.14. The quantitative estimate of drug-likeness (QED) is 0.799. The first-order chi connectivity index (χ1) is 10.2. The molecule has 21 heavy (non-hydrogen) atoms. The van der Waals surface area contributed by atoms with E-state index in [0.717, 1.165) is 41.4 Å². The van der Waals surface area contributed by atoms with E-state index in [1.165, 1.54) is 0 Å². The highest BCUT2D eigenvalue weighted by Gasteiger charge is 2.08. The van der Waals surface area contributed by atoms with Crippen LogP contribution in [0.3, 0.4) is 0 Å². The zero-order valence-corrected chi connectivity index (χ0v) is 13.2. The van der Waals surface area contributed by atoms with Crippen molar-refractivity contribution in [2.75, 3.05) is 13.7 Å². The van der Waals surface area contributed by atoms with Crippen LogP contribution in [0, 0.1) is 0 Å². The van der Waals surface area contributed by atoms with Crippen LogP contribution in [-0.2, 0) is 11.2 Å². The summed E-state index contributed by atoms with van der Waals surface area (Å²) in [7, 11) is 1.65. The first kappa shape index (κ1) is 15.5. The number of rotatable bonds is 7. The summed E-state index contributed by atoms with van der Waals surface area (Å²) in [5, 5.41) is 5.77. The topological polar surface area (TPSA) is 51.2 Å². The number of hydrogen-bond donors (Lipinski definition) is 1. The predicted molar refractivity (Wildman–Crippen MR) is 85.7 cm³/mol. The summed E-state index contributed by atoms with van der Waals surface area (Å²) in [6.07, 6.45) is 2.44. The maximum Gasteiger partial charge on any atom is 0.226 e. The molecule has 0 atom stereocenters. The minimum Gasteiger partial charge on any atom is -0.497 e. The lowest BCUT2D eigenvalue weighted by molar-refractivity contribution is -0.120. The normalized spacial score (nSPS) is 10.4. The summed E-state index contributed by atoms with van der Waals surface area (Å²) in [5.74, 6) is 0.862. The van der Waals surface area contributed by atoms with Gasteiger partial charge >= 0.3 is 0 Å². The number of nitrogens with one attached hydrogen (secondary N) is 1. The van der Waals surface area contributed by atoms with Crippen LogP contribution in [-0.4, -0.2) is 24.5 Å². The number of thiazole rings is 1. The average Bonchev–Trinajstić information content (AvgIpc) is 2.96. The van der Waals surface area contributed by atoms with Crippen LogP contribution in [0.5, 0.6) is 5.75 Å². The largest absolute Gasteiger partial charge is 0.497 e. The number of aromatic nitrogens is 1. The van der Waals surface area contributed by atoms with Gasteiger partial charge in [-0.3, -0.25) is 4.79 Å². The van der Waals surface area contributed by atoms with Gasteiger partial charge in [0.05, 0.1) is 19.2 Å². The van der Waals surface area contributed by atoms with Crippen LogP contribution in [0.2, 0.25) is 0 Å². The molecular weight excluding hydrogens is 284 g/mol. The first-order valence-corrected chi connectivity index (χ1v) is 7.96. The highest BCUT2D eigenvalue weighted by Crippen LogP contribution is 2.25. The molecule has 112 valence electrons. The molecular formula is C16H20N2O2S. The van der Waals surface area contributed by atoms with Gasteiger partial charge in [0.25, 0.3) is 0 Å². The van der Waals surface area contributed by atoms with Crippen LogP contribution in [0.4, 0.5) is 0 Å². The van der Waals surface area contributed by atoms with Gasteiger partial charge < -0.3 is 10.1 Å². The number of benzene rings is 1. The van der Waals surface area contributed by atoms with Crippen molar-refractivity contribution in [1.82, 2.24) is 10.3 Å². The van der Waals surface area contributed by atoms with Crippen LogP contribution in [0.1, 0.15) is 25.5 Å². The SMILES string of the molecule is CCCCNC(=O)Cc1csc(-c2ccc(OC)cc2)n1. The van der Waals surface area contributed by atoms with Crippen molar-refractivity contribution in [1.29, 1.82) is 0 Å². The summed E-state index contributed by atoms with van der Waals surface area (Å²) in [6, 6.07) is 7.77. The maximum atomic E-state index is 11.8. The predicted octanol–water partition coefficient (Wildman–Crippen LogP) is 3.28. The molecule has 0 radical (unpaired) electrons. The molecule has 0 bridgehead atoms. The third-order valence-corrected chi connectivity index (χ3v) is 4.02. The fourth-order valence-corrected chi connectivity index (χ4v) is 2.71. The number of ether oxygens (including phenoxy) is 1. The van der Waals surface area contributed by atoms with Gasteiger partial charge in [0.2, 0.25) is 5.91 Å². The van der Waals surface area contributed by atoms with Gasteiger partial charge in [-0.1, -0.05) is 13.3 Å². The molecule has 0 saturated carbocycles. The Morgan fingerprint density at radius 1 is 1.33 bits per heavy atom. The number of carbonyl (C=O) groups is 1. The molecule has 0 aliphatic rings. The molecule has 0 unspecified atom stereocenters. The molecule has 0 fully saturated rings. The van der Waals surface area contributed by atoms with Crippen molar-refractivity contribution in [2.45, 2.75) is 26.2 Å². The zero-order chi connectivity index (χ0) is 15.1. The molecule has 2 aromatic rings. The lowest BCUT2D eigenvalue weighted by Gasteiger charge is -2.02. The van der Waals surface area contributed by atoms with E-state index >= 15 is 0 Å². The third kappa shape index (κ3) is 4.56. The molecule has 0 saturated heterocycles. The minimum absolute atomic E-state index is 0.0371. The van der Waals surface area contributed by atoms with Crippen molar-refractivity contribution >= 4 is 17.2 Å². The smallest absolute Gasteiger partial charge is 0.226 e. The van der Waals surface area contributed by atoms with E-state index < -0.39 is 0 Å². The molecule has 0 aliphatic heterocycles. The van der Waals surface area contributed by atoms with E-state index in [9.17, 15) is 4.79 Å². The van der Waals surface area contributed by atoms with Crippen molar-refractivity contribution in [2.24, 2.45) is 0 Å². The molecule has 4 nitrogen and oxygen atoms in total. The van der Waals surface area contributed by atoms with E-state index in [0.29, 0.717) is 6.42 Å². The highest BCUT2D eigenvalue weighted by molar-refractivity contribution is 7.13. The van der Waals surface area contributed by atoms with Gasteiger partial charge in [0.15, 0.2) is 0 Å². The Morgan fingerprint density at radius 2 is 2.10 bits per heavy atom. The summed E-state index contributed by atoms with van der Waals surface area (Å²) in [5.41, 5.74) is 1.86. The van der Waals surface area contributed by atoms with Crippen molar-refractivity contribution in [3.63, 3.8) is 0 Å². The van der Waals surface area contributed by atoms with Crippen molar-refractivity contribution in [3.05, 3.63) is 35.3 Å². The van der Waals surface area contributed by atoms with Crippen LogP contribution < -0.4 is 10.1 Å². The van der Waals surface area contributed by atoms with Gasteiger partial charge in [-0.2, -0.15) is 0 Å². The average molecular weight is 304 g/mol. The van der Waals surface area contributed by atoms with Gasteiger partial charge in [0.1, 0.15) is 10.8 Å². The number of methoxy groups -OCH3 is 1. The van der Waals surface area contributed by atoms with Gasteiger partial charge in [0, 0.05) is 17.5 Å². The van der Waals surface area contributed by atoms with Gasteiger partial charge in [-0.25, -0.2) is 4.98 Å². The standard InChI is InChI=1S/C16H20N2O2S/c1-3-4-9-17-15(19)10-13-11-21-16(18-13)12-5-7-14(20-2)8-6-12/h5-8,11H,3-4,9-10H2,1-2H3,(H,17,19). The summed E-state index contributed by atoms with van der Waals surface area (Å²) in [6.45, 7) is 2.85. The lowest BCUT2D eigenvalue weighted by atomic mass is 10.2. The fraction of sp³-hybridized carbons (Fsp3) is 0.375. The van der Waals surface area contributed by atoms with Crippen molar-refractivity contribution < 1.29 is 9.53 Å². The highest BCUT2D eigenvalue weighted by atomic mass is 32.1. The molecule has 1 heterocycles. The Morgan fingerprint density at radius 3 is 2.76 bits per heavy atom. The Bertz CT molecular complexity index is 578. The van der Waals surface area contributed by atoms with E-state index in [2.05, 4.69) is 17.2 Å². The number of amides is 1. The number of unbranched alkanes of at least 4 members (excludes halogenated alkanes) is 1. The van der Waals surface area contributed by atoms with E-state index in [1.54, 1.807) is 18.4 Å². The molecule has 0 aliphatic carbocycles. The third-order valence-electron chi connectivity index (χ3n) is 3.08. The maximum absolute atomic E-state index is 11.8. The van der Waals surface area contributed by atoms with Gasteiger partial charge in [-0.05, 0) is 30.7 Å². The Balaban J connectivity index is 1.95. The second kappa shape index (κ2) is 7.78. The van der Waals surface area contributed by atoms with Crippen LogP contribution in [0.15, 0.2) is 29.6 Å². The Hall–Kier alpha value is -1.88. The summed E-state index contributed by atoms with van der Waals surface area (Å²) >= 11 is 1.55. The Kier molecular flexibility index (Phi) is 5.75. The first-order valence-electron chi connectivity index (χ1n) is 7.08. The van der Waals surface area contributed by atoms with E-state index in [4.69, 9.17) is 4.74 Å². The Labute approximate surface area is 129 Å². The molecule has 2 rings (SSSR count). The fourth-order valence-electron chi connectivity index (χ4n) is 1.89. The summed E-state index contributed by atoms with van der Waals surface area (Å²) in [4.78, 5) is 16.3. The lowest BCUT2D eigenvalue weighted by Crippen LogP contribution is -2.26. The molecule has 1 aromatic heterocycles. The van der Waals surface area contributed by atoms with E-state index in [1.807, 2.05) is 29.6 Å². The minimum atomic E-state index is 0.0371. The second-order valence-electron chi connectivity index (χ2n) is 4.75. The van der Waals surface area contributed by atoms with E-state index in [-0.39, 0.29) is 5.91 Å². The number of nitrogens with zero attached hydrogens (tertiary/aromatic N) is 1. The molecule has 5 heteroatoms.